The third kappa shape index (κ3) is 2.79. The first-order valence-corrected chi connectivity index (χ1v) is 5.73. The summed E-state index contributed by atoms with van der Waals surface area (Å²) in [5.41, 5.74) is 1.38. The quantitative estimate of drug-likeness (QED) is 0.797. The number of rotatable bonds is 4. The van der Waals surface area contributed by atoms with Crippen LogP contribution in [0.2, 0.25) is 0 Å². The molecule has 1 fully saturated rings. The van der Waals surface area contributed by atoms with Crippen molar-refractivity contribution in [1.29, 1.82) is 0 Å². The zero-order valence-electron chi connectivity index (χ0n) is 7.66. The van der Waals surface area contributed by atoms with Gasteiger partial charge in [0.25, 0.3) is 0 Å². The molecule has 1 aromatic heterocycles. The van der Waals surface area contributed by atoms with Crippen LogP contribution in [0.5, 0.6) is 0 Å². The molecule has 1 aliphatic rings. The lowest BCUT2D eigenvalue weighted by Gasteiger charge is -2.09. The van der Waals surface area contributed by atoms with E-state index in [-0.39, 0.29) is 0 Å². The van der Waals surface area contributed by atoms with Crippen molar-refractivity contribution in [2.75, 3.05) is 13.2 Å². The third-order valence-electron chi connectivity index (χ3n) is 2.31. The predicted molar refractivity (Wildman–Crippen MR) is 55.0 cm³/mol. The fourth-order valence-corrected chi connectivity index (χ4v) is 2.24. The summed E-state index contributed by atoms with van der Waals surface area (Å²) in [6.45, 7) is 2.92. The number of thiophene rings is 1. The van der Waals surface area contributed by atoms with Crippen LogP contribution < -0.4 is 5.32 Å². The summed E-state index contributed by atoms with van der Waals surface area (Å²) in [4.78, 5) is 0. The van der Waals surface area contributed by atoms with Gasteiger partial charge in [-0.05, 0) is 35.2 Å². The van der Waals surface area contributed by atoms with Crippen LogP contribution in [0.1, 0.15) is 18.4 Å². The highest BCUT2D eigenvalue weighted by Gasteiger charge is 2.14. The molecule has 1 aliphatic heterocycles. The molecule has 0 aromatic carbocycles. The van der Waals surface area contributed by atoms with Crippen molar-refractivity contribution in [1.82, 2.24) is 5.32 Å². The number of nitrogens with one attached hydrogen (secondary N) is 1. The molecule has 1 unspecified atom stereocenters. The molecule has 0 aliphatic carbocycles. The van der Waals surface area contributed by atoms with Crippen LogP contribution in [-0.4, -0.2) is 19.3 Å². The van der Waals surface area contributed by atoms with E-state index in [4.69, 9.17) is 4.74 Å². The summed E-state index contributed by atoms with van der Waals surface area (Å²) in [7, 11) is 0. The number of hydrogen-bond acceptors (Lipinski definition) is 3. The summed E-state index contributed by atoms with van der Waals surface area (Å²) < 4.78 is 5.51. The molecular formula is C10H15NOS. The zero-order chi connectivity index (χ0) is 8.93. The molecule has 2 nitrogen and oxygen atoms in total. The maximum atomic E-state index is 5.51. The fourth-order valence-electron chi connectivity index (χ4n) is 1.58. The van der Waals surface area contributed by atoms with Crippen LogP contribution >= 0.6 is 11.3 Å². The first-order valence-electron chi connectivity index (χ1n) is 4.78. The number of hydrogen-bond donors (Lipinski definition) is 1. The Hall–Kier alpha value is -0.380. The summed E-state index contributed by atoms with van der Waals surface area (Å²) in [5, 5.41) is 7.71. The maximum Gasteiger partial charge on any atom is 0.0700 e. The Kier molecular flexibility index (Phi) is 3.35. The average molecular weight is 197 g/mol. The Labute approximate surface area is 82.9 Å². The van der Waals surface area contributed by atoms with Crippen molar-refractivity contribution >= 4 is 11.3 Å². The molecule has 1 atom stereocenters. The van der Waals surface area contributed by atoms with Crippen LogP contribution in [0.4, 0.5) is 0 Å². The Morgan fingerprint density at radius 1 is 1.62 bits per heavy atom. The first kappa shape index (κ1) is 9.19. The van der Waals surface area contributed by atoms with Gasteiger partial charge in [-0.1, -0.05) is 0 Å². The first-order chi connectivity index (χ1) is 6.45. The summed E-state index contributed by atoms with van der Waals surface area (Å²) in [5.74, 6) is 0. The molecule has 0 spiro atoms. The smallest absolute Gasteiger partial charge is 0.0700 e. The molecule has 0 radical (unpaired) electrons. The van der Waals surface area contributed by atoms with Gasteiger partial charge in [0.05, 0.1) is 6.10 Å². The van der Waals surface area contributed by atoms with E-state index < -0.39 is 0 Å². The van der Waals surface area contributed by atoms with Gasteiger partial charge in [-0.15, -0.1) is 0 Å². The monoisotopic (exact) mass is 197 g/mol. The van der Waals surface area contributed by atoms with E-state index in [1.807, 2.05) is 0 Å². The highest BCUT2D eigenvalue weighted by Crippen LogP contribution is 2.11. The summed E-state index contributed by atoms with van der Waals surface area (Å²) in [6, 6.07) is 2.16. The summed E-state index contributed by atoms with van der Waals surface area (Å²) >= 11 is 1.75. The second kappa shape index (κ2) is 4.74. The molecule has 1 saturated heterocycles. The van der Waals surface area contributed by atoms with Crippen LogP contribution in [0, 0.1) is 0 Å². The Morgan fingerprint density at radius 2 is 2.62 bits per heavy atom. The largest absolute Gasteiger partial charge is 0.377 e. The van der Waals surface area contributed by atoms with Gasteiger partial charge < -0.3 is 10.1 Å². The van der Waals surface area contributed by atoms with Crippen molar-refractivity contribution in [2.45, 2.75) is 25.5 Å². The molecule has 0 bridgehead atoms. The van der Waals surface area contributed by atoms with Gasteiger partial charge in [0.15, 0.2) is 0 Å². The molecule has 72 valence electrons. The van der Waals surface area contributed by atoms with E-state index in [2.05, 4.69) is 22.1 Å². The van der Waals surface area contributed by atoms with E-state index in [1.165, 1.54) is 18.4 Å². The Bertz CT molecular complexity index is 229. The SMILES string of the molecule is c1cc(CNCC2CCCO2)cs1. The van der Waals surface area contributed by atoms with Crippen LogP contribution in [-0.2, 0) is 11.3 Å². The highest BCUT2D eigenvalue weighted by molar-refractivity contribution is 7.07. The van der Waals surface area contributed by atoms with Crippen molar-refractivity contribution in [3.8, 4) is 0 Å². The van der Waals surface area contributed by atoms with E-state index >= 15 is 0 Å². The molecule has 13 heavy (non-hydrogen) atoms. The van der Waals surface area contributed by atoms with Crippen molar-refractivity contribution in [2.24, 2.45) is 0 Å². The molecule has 2 rings (SSSR count). The van der Waals surface area contributed by atoms with Gasteiger partial charge in [0.1, 0.15) is 0 Å². The van der Waals surface area contributed by atoms with Gasteiger partial charge in [-0.2, -0.15) is 11.3 Å². The van der Waals surface area contributed by atoms with Gasteiger partial charge >= 0.3 is 0 Å². The third-order valence-corrected chi connectivity index (χ3v) is 3.04. The van der Waals surface area contributed by atoms with E-state index in [0.717, 1.165) is 19.7 Å². The average Bonchev–Trinajstić information content (AvgIpc) is 2.75. The molecule has 1 N–H and O–H groups in total. The Morgan fingerprint density at radius 3 is 3.31 bits per heavy atom. The zero-order valence-corrected chi connectivity index (χ0v) is 8.48. The van der Waals surface area contributed by atoms with Gasteiger partial charge in [0.2, 0.25) is 0 Å². The lowest BCUT2D eigenvalue weighted by Crippen LogP contribution is -2.25. The minimum atomic E-state index is 0.457. The minimum Gasteiger partial charge on any atom is -0.377 e. The highest BCUT2D eigenvalue weighted by atomic mass is 32.1. The molecule has 0 saturated carbocycles. The molecule has 3 heteroatoms. The van der Waals surface area contributed by atoms with Crippen molar-refractivity contribution in [3.05, 3.63) is 22.4 Å². The molecular weight excluding hydrogens is 182 g/mol. The van der Waals surface area contributed by atoms with E-state index in [9.17, 15) is 0 Å². The fraction of sp³-hybridized carbons (Fsp3) is 0.600. The predicted octanol–water partition coefficient (Wildman–Crippen LogP) is 2.02. The topological polar surface area (TPSA) is 21.3 Å². The standard InChI is InChI=1S/C10H15NOS/c1-2-10(12-4-1)7-11-6-9-3-5-13-8-9/h3,5,8,10-11H,1-2,4,6-7H2. The van der Waals surface area contributed by atoms with Crippen molar-refractivity contribution < 1.29 is 4.74 Å². The van der Waals surface area contributed by atoms with E-state index in [1.54, 1.807) is 11.3 Å². The molecule has 0 amide bonds. The summed E-state index contributed by atoms with van der Waals surface area (Å²) in [6.07, 6.45) is 2.90. The minimum absolute atomic E-state index is 0.457. The van der Waals surface area contributed by atoms with Crippen molar-refractivity contribution in [3.63, 3.8) is 0 Å². The lowest BCUT2D eigenvalue weighted by atomic mass is 10.2. The normalized spacial score (nSPS) is 22.3. The second-order valence-corrected chi connectivity index (χ2v) is 4.18. The van der Waals surface area contributed by atoms with Crippen LogP contribution in [0.3, 0.4) is 0 Å². The van der Waals surface area contributed by atoms with E-state index in [0.29, 0.717) is 6.10 Å². The number of ether oxygens (including phenoxy) is 1. The maximum absolute atomic E-state index is 5.51. The van der Waals surface area contributed by atoms with Crippen LogP contribution in [0.25, 0.3) is 0 Å². The molecule has 2 heterocycles. The van der Waals surface area contributed by atoms with Gasteiger partial charge in [-0.3, -0.25) is 0 Å². The Balaban J connectivity index is 1.63. The van der Waals surface area contributed by atoms with Gasteiger partial charge in [0, 0.05) is 19.7 Å². The van der Waals surface area contributed by atoms with Crippen LogP contribution in [0.15, 0.2) is 16.8 Å². The lowest BCUT2D eigenvalue weighted by molar-refractivity contribution is 0.110. The van der Waals surface area contributed by atoms with Gasteiger partial charge in [-0.25, -0.2) is 0 Å². The second-order valence-electron chi connectivity index (χ2n) is 3.40. The molecule has 1 aromatic rings.